The number of pyridine rings is 1. The Hall–Kier alpha value is -2.51. The summed E-state index contributed by atoms with van der Waals surface area (Å²) in [6, 6.07) is 4.14. The van der Waals surface area contributed by atoms with Gasteiger partial charge in [-0.05, 0) is 11.6 Å². The van der Waals surface area contributed by atoms with Gasteiger partial charge in [0.15, 0.2) is 0 Å². The summed E-state index contributed by atoms with van der Waals surface area (Å²) < 4.78 is 10.3. The number of hydrogen-bond acceptors (Lipinski definition) is 5. The highest BCUT2D eigenvalue weighted by Gasteiger charge is 2.31. The van der Waals surface area contributed by atoms with E-state index < -0.39 is 0 Å². The molecule has 1 aliphatic rings. The topological polar surface area (TPSA) is 61.0 Å². The van der Waals surface area contributed by atoms with E-state index in [9.17, 15) is 0 Å². The predicted molar refractivity (Wildman–Crippen MR) is 97.2 cm³/mol. The van der Waals surface area contributed by atoms with Crippen LogP contribution in [-0.2, 0) is 38.4 Å². The van der Waals surface area contributed by atoms with Crippen LogP contribution in [-0.4, -0.2) is 42.1 Å². The van der Waals surface area contributed by atoms with Gasteiger partial charge in [0.1, 0.15) is 5.82 Å². The molecule has 7 nitrogen and oxygen atoms in total. The Labute approximate surface area is 153 Å². The van der Waals surface area contributed by atoms with Crippen LogP contribution in [0.25, 0.3) is 0 Å². The Bertz CT molecular complexity index is 856. The molecular weight excluding hydrogens is 328 g/mol. The van der Waals surface area contributed by atoms with Crippen molar-refractivity contribution >= 4 is 0 Å². The number of rotatable bonds is 6. The molecule has 3 aromatic rings. The summed E-state index contributed by atoms with van der Waals surface area (Å²) in [6.07, 6.45) is 10.3. The Kier molecular flexibility index (Phi) is 4.81. The van der Waals surface area contributed by atoms with E-state index in [1.165, 1.54) is 11.4 Å². The molecular formula is C19H24N6O. The lowest BCUT2D eigenvalue weighted by Gasteiger charge is -2.35. The second kappa shape index (κ2) is 7.39. The lowest BCUT2D eigenvalue weighted by atomic mass is 10.0. The number of aromatic nitrogens is 5. The number of nitrogens with zero attached hydrogens (tertiary/aromatic N) is 6. The van der Waals surface area contributed by atoms with Gasteiger partial charge in [-0.25, -0.2) is 9.97 Å². The normalized spacial score (nSPS) is 17.4. The van der Waals surface area contributed by atoms with Gasteiger partial charge in [0.2, 0.25) is 0 Å². The molecule has 4 rings (SSSR count). The van der Waals surface area contributed by atoms with Crippen LogP contribution in [0.4, 0.5) is 0 Å². The highest BCUT2D eigenvalue weighted by Crippen LogP contribution is 2.30. The minimum absolute atomic E-state index is 0.166. The van der Waals surface area contributed by atoms with Crippen LogP contribution < -0.4 is 0 Å². The standard InChI is InChI=1S/C19H24N6O/c1-23-9-7-21-18(23)11-25-8-5-16-19(24(2)14-22-16)17(25)13-26-12-15-4-3-6-20-10-15/h3-4,6-7,9-10,14,17H,5,8,11-13H2,1-2H3/t17-/m0/s1. The van der Waals surface area contributed by atoms with Crippen LogP contribution in [0.1, 0.15) is 28.8 Å². The van der Waals surface area contributed by atoms with Gasteiger partial charge in [-0.3, -0.25) is 9.88 Å². The molecule has 7 heteroatoms. The first-order valence-electron chi connectivity index (χ1n) is 8.89. The molecule has 1 atom stereocenters. The fourth-order valence-electron chi connectivity index (χ4n) is 3.56. The SMILES string of the molecule is Cn1ccnc1CN1CCc2ncn(C)c2[C@@H]1COCc1cccnc1. The maximum Gasteiger partial charge on any atom is 0.122 e. The predicted octanol–water partition coefficient (Wildman–Crippen LogP) is 1.86. The van der Waals surface area contributed by atoms with Crippen LogP contribution in [0.5, 0.6) is 0 Å². The van der Waals surface area contributed by atoms with Gasteiger partial charge in [-0.15, -0.1) is 0 Å². The maximum atomic E-state index is 6.07. The molecule has 26 heavy (non-hydrogen) atoms. The fourth-order valence-corrected chi connectivity index (χ4v) is 3.56. The third-order valence-electron chi connectivity index (χ3n) is 4.99. The van der Waals surface area contributed by atoms with E-state index in [4.69, 9.17) is 4.74 Å². The largest absolute Gasteiger partial charge is 0.375 e. The summed E-state index contributed by atoms with van der Waals surface area (Å²) in [4.78, 5) is 15.7. The number of ether oxygens (including phenoxy) is 1. The molecule has 3 aromatic heterocycles. The average molecular weight is 352 g/mol. The second-order valence-electron chi connectivity index (χ2n) is 6.75. The molecule has 0 bridgehead atoms. The highest BCUT2D eigenvalue weighted by atomic mass is 16.5. The molecule has 0 spiro atoms. The fraction of sp³-hybridized carbons (Fsp3) is 0.421. The molecule has 4 heterocycles. The summed E-state index contributed by atoms with van der Waals surface area (Å²) in [5.74, 6) is 1.06. The van der Waals surface area contributed by atoms with Gasteiger partial charge in [-0.2, -0.15) is 0 Å². The number of hydrogen-bond donors (Lipinski definition) is 0. The van der Waals surface area contributed by atoms with Gasteiger partial charge in [0.25, 0.3) is 0 Å². The Morgan fingerprint density at radius 3 is 2.88 bits per heavy atom. The van der Waals surface area contributed by atoms with Crippen molar-refractivity contribution in [2.24, 2.45) is 14.1 Å². The molecule has 0 aromatic carbocycles. The minimum Gasteiger partial charge on any atom is -0.375 e. The van der Waals surface area contributed by atoms with Gasteiger partial charge in [-0.1, -0.05) is 6.07 Å². The van der Waals surface area contributed by atoms with Crippen molar-refractivity contribution in [3.8, 4) is 0 Å². The summed E-state index contributed by atoms with van der Waals surface area (Å²) in [5, 5.41) is 0. The van der Waals surface area contributed by atoms with Crippen molar-refractivity contribution in [2.75, 3.05) is 13.2 Å². The van der Waals surface area contributed by atoms with Crippen LogP contribution in [0.15, 0.2) is 43.2 Å². The average Bonchev–Trinajstić information content (AvgIpc) is 3.23. The molecule has 0 saturated heterocycles. The smallest absolute Gasteiger partial charge is 0.122 e. The van der Waals surface area contributed by atoms with Crippen molar-refractivity contribution in [3.05, 3.63) is 66.0 Å². The minimum atomic E-state index is 0.166. The molecule has 0 radical (unpaired) electrons. The second-order valence-corrected chi connectivity index (χ2v) is 6.75. The zero-order chi connectivity index (χ0) is 17.9. The first kappa shape index (κ1) is 16.9. The number of aryl methyl sites for hydroxylation is 2. The molecule has 1 aliphatic heterocycles. The summed E-state index contributed by atoms with van der Waals surface area (Å²) in [5.41, 5.74) is 3.51. The molecule has 0 unspecified atom stereocenters. The lowest BCUT2D eigenvalue weighted by molar-refractivity contribution is 0.0363. The first-order valence-corrected chi connectivity index (χ1v) is 8.89. The van der Waals surface area contributed by atoms with Crippen molar-refractivity contribution < 1.29 is 4.74 Å². The summed E-state index contributed by atoms with van der Waals surface area (Å²) in [7, 11) is 4.10. The molecule has 0 fully saturated rings. The zero-order valence-electron chi connectivity index (χ0n) is 15.2. The molecule has 0 N–H and O–H groups in total. The van der Waals surface area contributed by atoms with Gasteiger partial charge >= 0.3 is 0 Å². The van der Waals surface area contributed by atoms with E-state index in [2.05, 4.69) is 36.0 Å². The van der Waals surface area contributed by atoms with E-state index in [0.717, 1.165) is 30.9 Å². The molecule has 0 saturated carbocycles. The highest BCUT2D eigenvalue weighted by molar-refractivity contribution is 5.21. The number of imidazole rings is 2. The van der Waals surface area contributed by atoms with Crippen molar-refractivity contribution in [1.29, 1.82) is 0 Å². The Morgan fingerprint density at radius 2 is 2.12 bits per heavy atom. The molecule has 0 amide bonds. The van der Waals surface area contributed by atoms with E-state index in [-0.39, 0.29) is 6.04 Å². The van der Waals surface area contributed by atoms with E-state index in [0.29, 0.717) is 13.2 Å². The van der Waals surface area contributed by atoms with Crippen molar-refractivity contribution in [2.45, 2.75) is 25.6 Å². The Balaban J connectivity index is 1.51. The van der Waals surface area contributed by atoms with Crippen molar-refractivity contribution in [1.82, 2.24) is 29.0 Å². The first-order chi connectivity index (χ1) is 12.7. The van der Waals surface area contributed by atoms with E-state index >= 15 is 0 Å². The number of fused-ring (bicyclic) bond motifs is 1. The van der Waals surface area contributed by atoms with Gasteiger partial charge in [0, 0.05) is 51.8 Å². The zero-order valence-corrected chi connectivity index (χ0v) is 15.2. The molecule has 0 aliphatic carbocycles. The summed E-state index contributed by atoms with van der Waals surface area (Å²) >= 11 is 0. The molecule has 136 valence electrons. The van der Waals surface area contributed by atoms with Crippen molar-refractivity contribution in [3.63, 3.8) is 0 Å². The van der Waals surface area contributed by atoms with Crippen LogP contribution >= 0.6 is 0 Å². The van der Waals surface area contributed by atoms with Gasteiger partial charge < -0.3 is 13.9 Å². The quantitative estimate of drug-likeness (QED) is 0.678. The maximum absolute atomic E-state index is 6.07. The van der Waals surface area contributed by atoms with Crippen LogP contribution in [0.3, 0.4) is 0 Å². The lowest BCUT2D eigenvalue weighted by Crippen LogP contribution is -2.39. The monoisotopic (exact) mass is 352 g/mol. The van der Waals surface area contributed by atoms with E-state index in [1.54, 1.807) is 6.20 Å². The van der Waals surface area contributed by atoms with Gasteiger partial charge in [0.05, 0.1) is 43.5 Å². The Morgan fingerprint density at radius 1 is 1.19 bits per heavy atom. The summed E-state index contributed by atoms with van der Waals surface area (Å²) in [6.45, 7) is 2.94. The third-order valence-corrected chi connectivity index (χ3v) is 4.99. The van der Waals surface area contributed by atoms with Crippen LogP contribution in [0, 0.1) is 0 Å². The van der Waals surface area contributed by atoms with Crippen LogP contribution in [0.2, 0.25) is 0 Å². The third kappa shape index (κ3) is 3.40. The van der Waals surface area contributed by atoms with E-state index in [1.807, 2.05) is 44.1 Å².